The van der Waals surface area contributed by atoms with Crippen LogP contribution in [0.15, 0.2) is 47.7 Å². The van der Waals surface area contributed by atoms with Crippen LogP contribution in [0.25, 0.3) is 11.4 Å². The Hall–Kier alpha value is -2.67. The van der Waals surface area contributed by atoms with E-state index in [0.29, 0.717) is 12.6 Å². The molecule has 0 amide bonds. The predicted molar refractivity (Wildman–Crippen MR) is 112 cm³/mol. The fraction of sp³-hybridized carbons (Fsp3) is 0.350. The first-order valence-electron chi connectivity index (χ1n) is 9.19. The zero-order chi connectivity index (χ0) is 19.1. The van der Waals surface area contributed by atoms with E-state index in [0.717, 1.165) is 35.9 Å². The summed E-state index contributed by atoms with van der Waals surface area (Å²) in [6.07, 6.45) is 2.51. The first-order valence-corrected chi connectivity index (χ1v) is 10.0. The smallest absolute Gasteiger partial charge is 0.191 e. The second-order valence-corrected chi connectivity index (χ2v) is 7.86. The molecule has 1 aromatic carbocycles. The summed E-state index contributed by atoms with van der Waals surface area (Å²) < 4.78 is 0. The number of nitrogens with zero attached hydrogens (tertiary/aromatic N) is 3. The van der Waals surface area contributed by atoms with Gasteiger partial charge in [-0.1, -0.05) is 18.2 Å². The fourth-order valence-electron chi connectivity index (χ4n) is 2.83. The number of hydrogen-bond donors (Lipinski definition) is 3. The number of H-pyrrole nitrogens is 1. The average molecular weight is 383 g/mol. The Labute approximate surface area is 164 Å². The molecule has 1 unspecified atom stereocenters. The lowest BCUT2D eigenvalue weighted by atomic mass is 10.1. The molecule has 0 bridgehead atoms. The van der Waals surface area contributed by atoms with Gasteiger partial charge in [0.25, 0.3) is 0 Å². The number of aliphatic imine (C=N–C) groups is 1. The Morgan fingerprint density at radius 3 is 2.89 bits per heavy atom. The summed E-state index contributed by atoms with van der Waals surface area (Å²) in [5, 5.41) is 13.6. The van der Waals surface area contributed by atoms with Crippen LogP contribution >= 0.6 is 11.3 Å². The second kappa shape index (κ2) is 9.32. The summed E-state index contributed by atoms with van der Waals surface area (Å²) in [5.74, 6) is 1.61. The van der Waals surface area contributed by atoms with Crippen molar-refractivity contribution in [1.82, 2.24) is 25.8 Å². The standard InChI is InChI=1S/C20H26N6S/c1-4-21-20(25-14(2)10-18-9-8-15(3)27-18)22-12-16-6-5-7-17(11-16)19-23-13-24-26-19/h5-9,11,13-14H,4,10,12H2,1-3H3,(H2,21,22,25)(H,23,24,26). The van der Waals surface area contributed by atoms with Crippen molar-refractivity contribution < 1.29 is 0 Å². The Morgan fingerprint density at radius 1 is 1.30 bits per heavy atom. The highest BCUT2D eigenvalue weighted by molar-refractivity contribution is 7.11. The van der Waals surface area contributed by atoms with Gasteiger partial charge in [-0.2, -0.15) is 5.10 Å². The molecule has 6 nitrogen and oxygen atoms in total. The second-order valence-electron chi connectivity index (χ2n) is 6.49. The molecule has 3 rings (SSSR count). The zero-order valence-electron chi connectivity index (χ0n) is 16.0. The Morgan fingerprint density at radius 2 is 2.19 bits per heavy atom. The Bertz CT molecular complexity index is 868. The van der Waals surface area contributed by atoms with E-state index in [1.165, 1.54) is 16.1 Å². The predicted octanol–water partition coefficient (Wildman–Crippen LogP) is 3.53. The average Bonchev–Trinajstić information content (AvgIpc) is 3.32. The van der Waals surface area contributed by atoms with Gasteiger partial charge in [-0.3, -0.25) is 5.10 Å². The van der Waals surface area contributed by atoms with Crippen LogP contribution in [0, 0.1) is 6.92 Å². The van der Waals surface area contributed by atoms with E-state index in [1.54, 1.807) is 0 Å². The quantitative estimate of drug-likeness (QED) is 0.431. The molecule has 27 heavy (non-hydrogen) atoms. The van der Waals surface area contributed by atoms with Gasteiger partial charge >= 0.3 is 0 Å². The van der Waals surface area contributed by atoms with E-state index in [-0.39, 0.29) is 0 Å². The van der Waals surface area contributed by atoms with Crippen LogP contribution < -0.4 is 10.6 Å². The third-order valence-electron chi connectivity index (χ3n) is 4.07. The van der Waals surface area contributed by atoms with Crippen LogP contribution in [-0.4, -0.2) is 33.7 Å². The summed E-state index contributed by atoms with van der Waals surface area (Å²) >= 11 is 1.85. The van der Waals surface area contributed by atoms with E-state index in [1.807, 2.05) is 23.5 Å². The van der Waals surface area contributed by atoms with Gasteiger partial charge in [0.1, 0.15) is 6.33 Å². The van der Waals surface area contributed by atoms with Crippen LogP contribution in [0.2, 0.25) is 0 Å². The molecule has 0 aliphatic carbocycles. The van der Waals surface area contributed by atoms with Crippen LogP contribution in [0.5, 0.6) is 0 Å². The molecule has 0 aliphatic heterocycles. The highest BCUT2D eigenvalue weighted by Crippen LogP contribution is 2.17. The van der Waals surface area contributed by atoms with Gasteiger partial charge in [0.05, 0.1) is 6.54 Å². The van der Waals surface area contributed by atoms with Crippen LogP contribution in [-0.2, 0) is 13.0 Å². The van der Waals surface area contributed by atoms with Gasteiger partial charge in [0.2, 0.25) is 0 Å². The molecule has 3 N–H and O–H groups in total. The normalized spacial score (nSPS) is 12.8. The number of thiophene rings is 1. The van der Waals surface area contributed by atoms with Crippen molar-refractivity contribution in [3.05, 3.63) is 58.0 Å². The third kappa shape index (κ3) is 5.65. The van der Waals surface area contributed by atoms with Crippen molar-refractivity contribution in [3.8, 4) is 11.4 Å². The Kier molecular flexibility index (Phi) is 6.59. The molecule has 142 valence electrons. The molecule has 0 saturated carbocycles. The number of benzene rings is 1. The first kappa shape index (κ1) is 19.1. The molecule has 2 heterocycles. The van der Waals surface area contributed by atoms with Crippen LogP contribution in [0.1, 0.15) is 29.2 Å². The summed E-state index contributed by atoms with van der Waals surface area (Å²) in [7, 11) is 0. The maximum absolute atomic E-state index is 4.74. The lowest BCUT2D eigenvalue weighted by Gasteiger charge is -2.17. The van der Waals surface area contributed by atoms with Crippen molar-refractivity contribution in [3.63, 3.8) is 0 Å². The lowest BCUT2D eigenvalue weighted by molar-refractivity contribution is 0.645. The first-order chi connectivity index (χ1) is 13.1. The van der Waals surface area contributed by atoms with Crippen molar-refractivity contribution in [1.29, 1.82) is 0 Å². The van der Waals surface area contributed by atoms with Crippen molar-refractivity contribution >= 4 is 17.3 Å². The zero-order valence-corrected chi connectivity index (χ0v) is 16.8. The van der Waals surface area contributed by atoms with E-state index >= 15 is 0 Å². The van der Waals surface area contributed by atoms with Crippen molar-refractivity contribution in [2.75, 3.05) is 6.54 Å². The van der Waals surface area contributed by atoms with Crippen LogP contribution in [0.3, 0.4) is 0 Å². The van der Waals surface area contributed by atoms with Gasteiger partial charge in [-0.05, 0) is 44.5 Å². The maximum atomic E-state index is 4.74. The molecule has 2 aromatic heterocycles. The van der Waals surface area contributed by atoms with Gasteiger partial charge in [0, 0.05) is 34.3 Å². The SMILES string of the molecule is CCNC(=NCc1cccc(-c2ncn[nH]2)c1)NC(C)Cc1ccc(C)s1. The molecule has 7 heteroatoms. The fourth-order valence-corrected chi connectivity index (χ4v) is 3.85. The molecular formula is C20H26N6S. The lowest BCUT2D eigenvalue weighted by Crippen LogP contribution is -2.43. The molecule has 0 radical (unpaired) electrons. The minimum Gasteiger partial charge on any atom is -0.357 e. The number of hydrogen-bond acceptors (Lipinski definition) is 4. The van der Waals surface area contributed by atoms with Crippen molar-refractivity contribution in [2.45, 2.75) is 39.8 Å². The van der Waals surface area contributed by atoms with E-state index < -0.39 is 0 Å². The Balaban J connectivity index is 1.64. The highest BCUT2D eigenvalue weighted by atomic mass is 32.1. The highest BCUT2D eigenvalue weighted by Gasteiger charge is 2.08. The number of aryl methyl sites for hydroxylation is 1. The van der Waals surface area contributed by atoms with Gasteiger partial charge in [0.15, 0.2) is 11.8 Å². The van der Waals surface area contributed by atoms with E-state index in [2.05, 4.69) is 70.9 Å². The number of aromatic nitrogens is 3. The van der Waals surface area contributed by atoms with E-state index in [4.69, 9.17) is 4.99 Å². The number of guanidine groups is 1. The molecule has 0 saturated heterocycles. The van der Waals surface area contributed by atoms with Gasteiger partial charge in [-0.25, -0.2) is 9.98 Å². The summed E-state index contributed by atoms with van der Waals surface area (Å²) in [6, 6.07) is 12.9. The number of nitrogens with one attached hydrogen (secondary N) is 3. The number of rotatable bonds is 7. The van der Waals surface area contributed by atoms with E-state index in [9.17, 15) is 0 Å². The molecular weight excluding hydrogens is 356 g/mol. The summed E-state index contributed by atoms with van der Waals surface area (Å²) in [4.78, 5) is 11.7. The molecule has 1 atom stereocenters. The minimum atomic E-state index is 0.307. The summed E-state index contributed by atoms with van der Waals surface area (Å²) in [5.41, 5.74) is 2.14. The topological polar surface area (TPSA) is 78.0 Å². The summed E-state index contributed by atoms with van der Waals surface area (Å²) in [6.45, 7) is 7.84. The largest absolute Gasteiger partial charge is 0.357 e. The maximum Gasteiger partial charge on any atom is 0.191 e. The minimum absolute atomic E-state index is 0.307. The number of aromatic amines is 1. The molecule has 0 spiro atoms. The van der Waals surface area contributed by atoms with Crippen molar-refractivity contribution in [2.24, 2.45) is 4.99 Å². The molecule has 0 aliphatic rings. The third-order valence-corrected chi connectivity index (χ3v) is 5.09. The van der Waals surface area contributed by atoms with Crippen LogP contribution in [0.4, 0.5) is 0 Å². The molecule has 0 fully saturated rings. The molecule has 3 aromatic rings. The van der Waals surface area contributed by atoms with Gasteiger partial charge < -0.3 is 10.6 Å². The monoisotopic (exact) mass is 382 g/mol. The van der Waals surface area contributed by atoms with Gasteiger partial charge in [-0.15, -0.1) is 11.3 Å².